The Morgan fingerprint density at radius 3 is 3.07 bits per heavy atom. The molecule has 1 atom stereocenters. The predicted octanol–water partition coefficient (Wildman–Crippen LogP) is 3.44. The second-order valence-corrected chi connectivity index (χ2v) is 8.05. The Morgan fingerprint density at radius 2 is 2.21 bits per heavy atom. The molecule has 29 heavy (non-hydrogen) atoms. The monoisotopic (exact) mass is 411 g/mol. The van der Waals surface area contributed by atoms with Gasteiger partial charge >= 0.3 is 0 Å². The predicted molar refractivity (Wildman–Crippen MR) is 108 cm³/mol. The van der Waals surface area contributed by atoms with Gasteiger partial charge in [-0.1, -0.05) is 23.7 Å². The molecule has 1 aliphatic heterocycles. The fraction of sp³-hybridized carbons (Fsp3) is 0.381. The highest BCUT2D eigenvalue weighted by molar-refractivity contribution is 6.32. The van der Waals surface area contributed by atoms with Crippen molar-refractivity contribution in [3.63, 3.8) is 0 Å². The van der Waals surface area contributed by atoms with Crippen molar-refractivity contribution >= 4 is 17.5 Å². The van der Waals surface area contributed by atoms with E-state index in [1.54, 1.807) is 6.20 Å². The number of halogens is 1. The summed E-state index contributed by atoms with van der Waals surface area (Å²) in [6.07, 6.45) is 5.87. The number of aryl methyl sites for hydroxylation is 2. The number of aromatic amines is 1. The van der Waals surface area contributed by atoms with Gasteiger partial charge in [0, 0.05) is 16.8 Å². The standard InChI is InChI=1S/C21H22ClN5O2/c1-12-5-4-7-15(22)20(12)27-18-11-29-10-17(14(18)9-23-27)24-21(28)19-13-6-2-3-8-16(13)25-26-19/h4-5,7,9,17H,2-3,6,8,10-11H2,1H3,(H,24,28)(H,25,26)/t17-/m0/s1. The van der Waals surface area contributed by atoms with Gasteiger partial charge in [-0.25, -0.2) is 4.68 Å². The molecule has 0 saturated heterocycles. The number of benzene rings is 1. The van der Waals surface area contributed by atoms with E-state index in [2.05, 4.69) is 20.6 Å². The first-order chi connectivity index (χ1) is 14.1. The summed E-state index contributed by atoms with van der Waals surface area (Å²) in [6.45, 7) is 2.82. The second kappa shape index (κ2) is 7.31. The Balaban J connectivity index is 1.44. The normalized spacial score (nSPS) is 18.2. The molecule has 0 saturated carbocycles. The molecule has 0 fully saturated rings. The Labute approximate surface area is 173 Å². The first kappa shape index (κ1) is 18.4. The Bertz CT molecular complexity index is 1070. The fourth-order valence-electron chi connectivity index (χ4n) is 4.28. The highest BCUT2D eigenvalue weighted by Gasteiger charge is 2.30. The minimum absolute atomic E-state index is 0.174. The summed E-state index contributed by atoms with van der Waals surface area (Å²) in [7, 11) is 0. The van der Waals surface area contributed by atoms with Crippen molar-refractivity contribution in [3.05, 3.63) is 63.2 Å². The minimum Gasteiger partial charge on any atom is -0.373 e. The number of hydrogen-bond donors (Lipinski definition) is 2. The number of H-pyrrole nitrogens is 1. The van der Waals surface area contributed by atoms with E-state index in [0.717, 1.165) is 59.4 Å². The lowest BCUT2D eigenvalue weighted by Crippen LogP contribution is -2.35. The third-order valence-corrected chi connectivity index (χ3v) is 6.08. The van der Waals surface area contributed by atoms with E-state index in [4.69, 9.17) is 16.3 Å². The summed E-state index contributed by atoms with van der Waals surface area (Å²) >= 11 is 6.44. The molecule has 0 spiro atoms. The van der Waals surface area contributed by atoms with Crippen molar-refractivity contribution in [2.75, 3.05) is 6.61 Å². The maximum absolute atomic E-state index is 12.9. The summed E-state index contributed by atoms with van der Waals surface area (Å²) in [5.41, 5.74) is 6.36. The molecule has 1 aliphatic carbocycles. The van der Waals surface area contributed by atoms with Crippen molar-refractivity contribution in [2.24, 2.45) is 0 Å². The van der Waals surface area contributed by atoms with Gasteiger partial charge in [-0.05, 0) is 44.2 Å². The Morgan fingerprint density at radius 1 is 1.34 bits per heavy atom. The number of nitrogens with zero attached hydrogens (tertiary/aromatic N) is 3. The summed E-state index contributed by atoms with van der Waals surface area (Å²) in [5, 5.41) is 15.6. The van der Waals surface area contributed by atoms with Crippen LogP contribution in [0.1, 0.15) is 57.5 Å². The van der Waals surface area contributed by atoms with Crippen LogP contribution in [0.2, 0.25) is 5.02 Å². The number of hydrogen-bond acceptors (Lipinski definition) is 4. The largest absolute Gasteiger partial charge is 0.373 e. The van der Waals surface area contributed by atoms with Crippen molar-refractivity contribution in [1.82, 2.24) is 25.3 Å². The van der Waals surface area contributed by atoms with Crippen LogP contribution in [0, 0.1) is 6.92 Å². The molecule has 2 aromatic heterocycles. The molecule has 8 heteroatoms. The summed E-state index contributed by atoms with van der Waals surface area (Å²) in [4.78, 5) is 12.9. The van der Waals surface area contributed by atoms with Gasteiger partial charge in [-0.2, -0.15) is 10.2 Å². The Kier molecular flexibility index (Phi) is 4.64. The van der Waals surface area contributed by atoms with Gasteiger partial charge in [0.25, 0.3) is 5.91 Å². The number of aromatic nitrogens is 4. The lowest BCUT2D eigenvalue weighted by Gasteiger charge is -2.25. The average molecular weight is 412 g/mol. The molecule has 1 aromatic carbocycles. The van der Waals surface area contributed by atoms with Gasteiger partial charge in [0.05, 0.1) is 41.9 Å². The third kappa shape index (κ3) is 3.14. The van der Waals surface area contributed by atoms with E-state index in [9.17, 15) is 4.79 Å². The van der Waals surface area contributed by atoms with E-state index < -0.39 is 0 Å². The smallest absolute Gasteiger partial charge is 0.272 e. The molecule has 0 unspecified atom stereocenters. The van der Waals surface area contributed by atoms with Crippen LogP contribution >= 0.6 is 11.6 Å². The molecule has 2 aliphatic rings. The van der Waals surface area contributed by atoms with E-state index in [-0.39, 0.29) is 11.9 Å². The van der Waals surface area contributed by atoms with Gasteiger partial charge < -0.3 is 10.1 Å². The number of carbonyl (C=O) groups is 1. The molecular weight excluding hydrogens is 390 g/mol. The van der Waals surface area contributed by atoms with Crippen LogP contribution in [0.25, 0.3) is 5.69 Å². The Hall–Kier alpha value is -2.64. The molecule has 1 amide bonds. The number of ether oxygens (including phenoxy) is 1. The summed E-state index contributed by atoms with van der Waals surface area (Å²) in [5.74, 6) is -0.174. The van der Waals surface area contributed by atoms with E-state index in [1.807, 2.05) is 29.8 Å². The van der Waals surface area contributed by atoms with Crippen molar-refractivity contribution in [2.45, 2.75) is 45.3 Å². The van der Waals surface area contributed by atoms with E-state index >= 15 is 0 Å². The zero-order valence-corrected chi connectivity index (χ0v) is 16.9. The first-order valence-corrected chi connectivity index (χ1v) is 10.3. The molecule has 2 N–H and O–H groups in total. The van der Waals surface area contributed by atoms with Gasteiger partial charge in [0.2, 0.25) is 0 Å². The lowest BCUT2D eigenvalue weighted by atomic mass is 9.95. The van der Waals surface area contributed by atoms with Crippen LogP contribution in [0.4, 0.5) is 0 Å². The van der Waals surface area contributed by atoms with Crippen LogP contribution in [-0.2, 0) is 24.2 Å². The van der Waals surface area contributed by atoms with Crippen LogP contribution in [0.15, 0.2) is 24.4 Å². The van der Waals surface area contributed by atoms with Crippen LogP contribution in [0.5, 0.6) is 0 Å². The molecule has 3 heterocycles. The highest BCUT2D eigenvalue weighted by Crippen LogP contribution is 2.31. The number of rotatable bonds is 3. The number of fused-ring (bicyclic) bond motifs is 2. The van der Waals surface area contributed by atoms with E-state index in [0.29, 0.717) is 23.9 Å². The molecule has 3 aromatic rings. The molecular formula is C21H22ClN5O2. The molecule has 150 valence electrons. The fourth-order valence-corrected chi connectivity index (χ4v) is 4.59. The summed E-state index contributed by atoms with van der Waals surface area (Å²) < 4.78 is 7.61. The highest BCUT2D eigenvalue weighted by atomic mass is 35.5. The quantitative estimate of drug-likeness (QED) is 0.691. The van der Waals surface area contributed by atoms with Gasteiger partial charge in [-0.15, -0.1) is 0 Å². The number of nitrogens with one attached hydrogen (secondary N) is 2. The second-order valence-electron chi connectivity index (χ2n) is 7.64. The number of para-hydroxylation sites is 1. The third-order valence-electron chi connectivity index (χ3n) is 5.78. The SMILES string of the molecule is Cc1cccc(Cl)c1-n1ncc2c1COC[C@@H]2NC(=O)c1n[nH]c2c1CCCC2. The maximum atomic E-state index is 12.9. The number of carbonyl (C=O) groups excluding carboxylic acids is 1. The molecule has 0 radical (unpaired) electrons. The van der Waals surface area contributed by atoms with Gasteiger partial charge in [0.15, 0.2) is 5.69 Å². The zero-order valence-electron chi connectivity index (χ0n) is 16.2. The number of amides is 1. The van der Waals surface area contributed by atoms with E-state index in [1.165, 1.54) is 0 Å². The van der Waals surface area contributed by atoms with Crippen LogP contribution < -0.4 is 5.32 Å². The maximum Gasteiger partial charge on any atom is 0.272 e. The topological polar surface area (TPSA) is 84.8 Å². The van der Waals surface area contributed by atoms with Crippen LogP contribution in [-0.4, -0.2) is 32.5 Å². The van der Waals surface area contributed by atoms with Crippen LogP contribution in [0.3, 0.4) is 0 Å². The van der Waals surface area contributed by atoms with Gasteiger partial charge in [0.1, 0.15) is 0 Å². The lowest BCUT2D eigenvalue weighted by molar-refractivity contribution is 0.0684. The minimum atomic E-state index is -0.279. The van der Waals surface area contributed by atoms with Crippen molar-refractivity contribution in [3.8, 4) is 5.69 Å². The molecule has 7 nitrogen and oxygen atoms in total. The molecule has 5 rings (SSSR count). The first-order valence-electron chi connectivity index (χ1n) is 9.90. The molecule has 0 bridgehead atoms. The summed E-state index contributed by atoms with van der Waals surface area (Å²) in [6, 6.07) is 5.49. The average Bonchev–Trinajstić information content (AvgIpc) is 3.33. The van der Waals surface area contributed by atoms with Gasteiger partial charge in [-0.3, -0.25) is 9.89 Å². The zero-order chi connectivity index (χ0) is 20.0. The van der Waals surface area contributed by atoms with Crippen molar-refractivity contribution in [1.29, 1.82) is 0 Å². The van der Waals surface area contributed by atoms with Crippen molar-refractivity contribution < 1.29 is 9.53 Å².